The van der Waals surface area contributed by atoms with Crippen LogP contribution >= 0.6 is 0 Å². The lowest BCUT2D eigenvalue weighted by Gasteiger charge is -2.39. The van der Waals surface area contributed by atoms with Gasteiger partial charge in [0, 0.05) is 43.4 Å². The van der Waals surface area contributed by atoms with E-state index in [1.54, 1.807) is 13.1 Å². The monoisotopic (exact) mass is 329 g/mol. The van der Waals surface area contributed by atoms with Crippen molar-refractivity contribution in [2.24, 2.45) is 5.73 Å². The van der Waals surface area contributed by atoms with Crippen molar-refractivity contribution in [2.45, 2.75) is 57.2 Å². The molecule has 0 radical (unpaired) electrons. The number of nitrogens with two attached hydrogens (primary N) is 1. The van der Waals surface area contributed by atoms with Gasteiger partial charge in [0.25, 0.3) is 5.91 Å². The van der Waals surface area contributed by atoms with E-state index in [1.165, 1.54) is 0 Å². The Morgan fingerprint density at radius 3 is 2.67 bits per heavy atom. The van der Waals surface area contributed by atoms with Crippen LogP contribution in [0.5, 0.6) is 0 Å². The lowest BCUT2D eigenvalue weighted by molar-refractivity contribution is -0.133. The zero-order valence-corrected chi connectivity index (χ0v) is 13.8. The molecule has 0 aromatic carbocycles. The van der Waals surface area contributed by atoms with Gasteiger partial charge in [0.15, 0.2) is 0 Å². The van der Waals surface area contributed by atoms with E-state index < -0.39 is 5.91 Å². The fourth-order valence-corrected chi connectivity index (χ4v) is 4.62. The van der Waals surface area contributed by atoms with Gasteiger partial charge in [-0.25, -0.2) is 4.98 Å². The summed E-state index contributed by atoms with van der Waals surface area (Å²) < 4.78 is 0. The molecule has 4 rings (SSSR count). The Hall–Kier alpha value is -2.31. The zero-order valence-electron chi connectivity index (χ0n) is 13.8. The Kier molecular flexibility index (Phi) is 3.58. The van der Waals surface area contributed by atoms with Gasteiger partial charge in [0.05, 0.1) is 11.3 Å². The normalized spacial score (nSPS) is 27.5. The highest BCUT2D eigenvalue weighted by Crippen LogP contribution is 2.38. The molecular weight excluding hydrogens is 306 g/mol. The number of rotatable bonds is 3. The summed E-state index contributed by atoms with van der Waals surface area (Å²) in [7, 11) is 0. The summed E-state index contributed by atoms with van der Waals surface area (Å²) in [6.45, 7) is 2.49. The van der Waals surface area contributed by atoms with Crippen LogP contribution in [-0.2, 0) is 11.2 Å². The van der Waals surface area contributed by atoms with E-state index in [1.807, 2.05) is 4.90 Å². The molecule has 0 spiro atoms. The van der Waals surface area contributed by atoms with E-state index >= 15 is 0 Å². The standard InChI is InChI=1S/C17H23N5O2/c1-9(23)22-11-2-3-12(22)7-10(6-11)21-15-13-4-5-19-17(13)20-8-14(15)16(18)24/h8,10-12H,2-7H2,1H3,(H2,18,24)(H2,19,20,21)/t10-,11-,12+. The van der Waals surface area contributed by atoms with Gasteiger partial charge in [-0.15, -0.1) is 0 Å². The predicted octanol–water partition coefficient (Wildman–Crippen LogP) is 1.10. The topological polar surface area (TPSA) is 100 Å². The number of pyridine rings is 1. The molecule has 4 heterocycles. The highest BCUT2D eigenvalue weighted by Gasteiger charge is 2.42. The molecule has 7 nitrogen and oxygen atoms in total. The van der Waals surface area contributed by atoms with Gasteiger partial charge in [-0.3, -0.25) is 9.59 Å². The fraction of sp³-hybridized carbons (Fsp3) is 0.588. The van der Waals surface area contributed by atoms with E-state index in [-0.39, 0.29) is 11.9 Å². The Morgan fingerprint density at radius 1 is 1.33 bits per heavy atom. The van der Waals surface area contributed by atoms with Crippen molar-refractivity contribution in [2.75, 3.05) is 17.2 Å². The first-order chi connectivity index (χ1) is 11.5. The van der Waals surface area contributed by atoms with Crippen LogP contribution in [0.1, 0.15) is 48.5 Å². The molecule has 0 saturated carbocycles. The fourth-order valence-electron chi connectivity index (χ4n) is 4.62. The van der Waals surface area contributed by atoms with Gasteiger partial charge in [0.2, 0.25) is 5.91 Å². The first kappa shape index (κ1) is 15.2. The number of hydrogen-bond donors (Lipinski definition) is 3. The molecule has 0 unspecified atom stereocenters. The maximum Gasteiger partial charge on any atom is 0.252 e. The van der Waals surface area contributed by atoms with Gasteiger partial charge in [0.1, 0.15) is 5.82 Å². The van der Waals surface area contributed by atoms with Crippen molar-refractivity contribution in [1.82, 2.24) is 9.88 Å². The summed E-state index contributed by atoms with van der Waals surface area (Å²) >= 11 is 0. The number of nitrogens with one attached hydrogen (secondary N) is 2. The van der Waals surface area contributed by atoms with Crippen molar-refractivity contribution in [3.05, 3.63) is 17.3 Å². The minimum atomic E-state index is -0.455. The highest BCUT2D eigenvalue weighted by molar-refractivity contribution is 6.00. The largest absolute Gasteiger partial charge is 0.381 e. The molecule has 0 aliphatic carbocycles. The number of piperidine rings is 1. The predicted molar refractivity (Wildman–Crippen MR) is 90.9 cm³/mol. The molecule has 2 saturated heterocycles. The molecule has 3 atom stereocenters. The molecule has 3 aliphatic rings. The zero-order chi connectivity index (χ0) is 16.8. The molecule has 1 aromatic heterocycles. The van der Waals surface area contributed by atoms with E-state index in [4.69, 9.17) is 5.73 Å². The van der Waals surface area contributed by atoms with Gasteiger partial charge in [-0.2, -0.15) is 0 Å². The summed E-state index contributed by atoms with van der Waals surface area (Å²) in [5.74, 6) is 0.559. The molecule has 2 amide bonds. The maximum absolute atomic E-state index is 11.8. The number of fused-ring (bicyclic) bond motifs is 3. The maximum atomic E-state index is 11.8. The van der Waals surface area contributed by atoms with Crippen LogP contribution in [-0.4, -0.2) is 46.4 Å². The van der Waals surface area contributed by atoms with Gasteiger partial charge in [-0.1, -0.05) is 0 Å². The number of aromatic nitrogens is 1. The minimum Gasteiger partial charge on any atom is -0.381 e. The number of anilines is 2. The minimum absolute atomic E-state index is 0.174. The number of nitrogens with zero attached hydrogens (tertiary/aromatic N) is 2. The molecule has 3 aliphatic heterocycles. The average Bonchev–Trinajstić information content (AvgIpc) is 3.10. The molecule has 1 aromatic rings. The molecule has 4 N–H and O–H groups in total. The van der Waals surface area contributed by atoms with E-state index in [9.17, 15) is 9.59 Å². The summed E-state index contributed by atoms with van der Waals surface area (Å²) in [4.78, 5) is 30.0. The van der Waals surface area contributed by atoms with Crippen LogP contribution in [0.2, 0.25) is 0 Å². The summed E-state index contributed by atoms with van der Waals surface area (Å²) in [5.41, 5.74) is 7.89. The molecule has 2 bridgehead atoms. The van der Waals surface area contributed by atoms with Gasteiger partial charge in [-0.05, 0) is 32.1 Å². The van der Waals surface area contributed by atoms with E-state index in [2.05, 4.69) is 15.6 Å². The van der Waals surface area contributed by atoms with Gasteiger partial charge >= 0.3 is 0 Å². The second-order valence-electron chi connectivity index (χ2n) is 7.04. The summed E-state index contributed by atoms with van der Waals surface area (Å²) in [5, 5.41) is 6.81. The van der Waals surface area contributed by atoms with E-state index in [0.717, 1.165) is 55.7 Å². The van der Waals surface area contributed by atoms with Crippen LogP contribution in [0.15, 0.2) is 6.20 Å². The molecule has 7 heteroatoms. The Bertz CT molecular complexity index is 690. The molecule has 24 heavy (non-hydrogen) atoms. The molecular formula is C17H23N5O2. The number of primary amides is 1. The number of carbonyl (C=O) groups is 2. The third-order valence-corrected chi connectivity index (χ3v) is 5.56. The SMILES string of the molecule is CC(=O)N1[C@@H]2CC[C@H]1C[C@H](Nc1c(C(N)=O)cnc3c1CCN3)C2. The smallest absolute Gasteiger partial charge is 0.252 e. The lowest BCUT2D eigenvalue weighted by Crippen LogP contribution is -2.49. The van der Waals surface area contributed by atoms with Crippen LogP contribution in [0.4, 0.5) is 11.5 Å². The summed E-state index contributed by atoms with van der Waals surface area (Å²) in [6, 6.07) is 0.871. The first-order valence-corrected chi connectivity index (χ1v) is 8.65. The van der Waals surface area contributed by atoms with Crippen LogP contribution in [0, 0.1) is 0 Å². The molecule has 2 fully saturated rings. The van der Waals surface area contributed by atoms with Crippen molar-refractivity contribution < 1.29 is 9.59 Å². The summed E-state index contributed by atoms with van der Waals surface area (Å²) in [6.07, 6.45) is 6.37. The number of hydrogen-bond acceptors (Lipinski definition) is 5. The van der Waals surface area contributed by atoms with Gasteiger partial charge < -0.3 is 21.3 Å². The van der Waals surface area contributed by atoms with Crippen molar-refractivity contribution >= 4 is 23.3 Å². The Morgan fingerprint density at radius 2 is 2.04 bits per heavy atom. The van der Waals surface area contributed by atoms with Crippen LogP contribution < -0.4 is 16.4 Å². The number of carbonyl (C=O) groups excluding carboxylic acids is 2. The Balaban J connectivity index is 1.60. The second-order valence-corrected chi connectivity index (χ2v) is 7.04. The number of amides is 2. The van der Waals surface area contributed by atoms with Crippen LogP contribution in [0.25, 0.3) is 0 Å². The van der Waals surface area contributed by atoms with E-state index in [0.29, 0.717) is 17.6 Å². The highest BCUT2D eigenvalue weighted by atomic mass is 16.2. The first-order valence-electron chi connectivity index (χ1n) is 8.65. The third kappa shape index (κ3) is 2.39. The molecule has 128 valence electrons. The quantitative estimate of drug-likeness (QED) is 0.771. The lowest BCUT2D eigenvalue weighted by atomic mass is 9.96. The Labute approximate surface area is 141 Å². The van der Waals surface area contributed by atoms with Crippen molar-refractivity contribution in [3.8, 4) is 0 Å². The second kappa shape index (κ2) is 5.65. The van der Waals surface area contributed by atoms with Crippen molar-refractivity contribution in [1.29, 1.82) is 0 Å². The third-order valence-electron chi connectivity index (χ3n) is 5.56. The van der Waals surface area contributed by atoms with Crippen molar-refractivity contribution in [3.63, 3.8) is 0 Å². The van der Waals surface area contributed by atoms with Crippen LogP contribution in [0.3, 0.4) is 0 Å². The average molecular weight is 329 g/mol.